The molecule has 96 valence electrons. The normalized spacial score (nSPS) is 19.6. The van der Waals surface area contributed by atoms with Crippen LogP contribution in [-0.2, 0) is 4.74 Å². The van der Waals surface area contributed by atoms with Crippen molar-refractivity contribution in [2.75, 3.05) is 18.6 Å². The van der Waals surface area contributed by atoms with Gasteiger partial charge in [-0.3, -0.25) is 0 Å². The number of nitrogens with one attached hydrogen (secondary N) is 1. The zero-order valence-corrected chi connectivity index (χ0v) is 10.5. The molecule has 1 aromatic rings. The Morgan fingerprint density at radius 1 is 1.61 bits per heavy atom. The number of hydrogen-bond acceptors (Lipinski definition) is 6. The molecular formula is C12H16N4O2. The monoisotopic (exact) mass is 248 g/mol. The van der Waals surface area contributed by atoms with E-state index in [1.807, 2.05) is 19.9 Å². The molecule has 0 spiro atoms. The van der Waals surface area contributed by atoms with Crippen molar-refractivity contribution in [3.63, 3.8) is 0 Å². The summed E-state index contributed by atoms with van der Waals surface area (Å²) in [4.78, 5) is 4.09. The maximum Gasteiger partial charge on any atom is 0.252 e. The quantitative estimate of drug-likeness (QED) is 0.651. The van der Waals surface area contributed by atoms with Crippen LogP contribution >= 0.6 is 0 Å². The van der Waals surface area contributed by atoms with Crippen molar-refractivity contribution in [3.05, 3.63) is 11.6 Å². The molecule has 18 heavy (non-hydrogen) atoms. The second-order valence-electron chi connectivity index (χ2n) is 4.51. The average Bonchev–Trinajstić information content (AvgIpc) is 2.97. The van der Waals surface area contributed by atoms with Crippen LogP contribution in [0.4, 0.5) is 5.88 Å². The van der Waals surface area contributed by atoms with Crippen molar-refractivity contribution in [1.82, 2.24) is 4.98 Å². The Morgan fingerprint density at radius 3 is 3.06 bits per heavy atom. The highest BCUT2D eigenvalue weighted by atomic mass is 16.5. The van der Waals surface area contributed by atoms with E-state index in [0.717, 1.165) is 13.0 Å². The molecule has 1 atom stereocenters. The molecule has 1 fully saturated rings. The summed E-state index contributed by atoms with van der Waals surface area (Å²) >= 11 is 0. The smallest absolute Gasteiger partial charge is 0.252 e. The summed E-state index contributed by atoms with van der Waals surface area (Å²) in [7, 11) is 0. The molecular weight excluding hydrogens is 232 g/mol. The molecule has 1 saturated heterocycles. The Labute approximate surface area is 106 Å². The minimum Gasteiger partial charge on any atom is -0.422 e. The summed E-state index contributed by atoms with van der Waals surface area (Å²) in [5.41, 5.74) is 2.96. The molecule has 0 amide bonds. The van der Waals surface area contributed by atoms with Crippen LogP contribution in [0.1, 0.15) is 37.8 Å². The van der Waals surface area contributed by atoms with Crippen molar-refractivity contribution in [2.24, 2.45) is 11.0 Å². The van der Waals surface area contributed by atoms with Gasteiger partial charge < -0.3 is 9.15 Å². The molecule has 0 aliphatic carbocycles. The Kier molecular flexibility index (Phi) is 3.95. The largest absolute Gasteiger partial charge is 0.422 e. The number of nitrogens with zero attached hydrogens (tertiary/aromatic N) is 3. The van der Waals surface area contributed by atoms with Crippen LogP contribution in [0.3, 0.4) is 0 Å². The summed E-state index contributed by atoms with van der Waals surface area (Å²) in [6.07, 6.45) is 2.76. The third-order valence-corrected chi connectivity index (χ3v) is 2.66. The SMILES string of the molecule is CC(C)c1nc(C#N)c(NN=C[C@H]2CCOC2)o1. The standard InChI is InChI=1S/C12H16N4O2/c1-8(2)11-15-10(5-13)12(18-11)16-14-6-9-3-4-17-7-9/h6,8-9,16H,3-4,7H2,1-2H3/t9-/m1/s1. The lowest BCUT2D eigenvalue weighted by Gasteiger charge is -1.99. The zero-order chi connectivity index (χ0) is 13.0. The van der Waals surface area contributed by atoms with Gasteiger partial charge in [0.05, 0.1) is 6.61 Å². The number of ether oxygens (including phenoxy) is 1. The van der Waals surface area contributed by atoms with E-state index in [9.17, 15) is 0 Å². The van der Waals surface area contributed by atoms with E-state index >= 15 is 0 Å². The zero-order valence-electron chi connectivity index (χ0n) is 10.5. The van der Waals surface area contributed by atoms with E-state index in [0.29, 0.717) is 24.3 Å². The van der Waals surface area contributed by atoms with Gasteiger partial charge in [-0.1, -0.05) is 13.8 Å². The van der Waals surface area contributed by atoms with E-state index in [-0.39, 0.29) is 11.6 Å². The number of nitriles is 1. The molecule has 2 heterocycles. The minimum absolute atomic E-state index is 0.139. The summed E-state index contributed by atoms with van der Waals surface area (Å²) in [6.45, 7) is 5.38. The van der Waals surface area contributed by atoms with Gasteiger partial charge in [0, 0.05) is 24.7 Å². The summed E-state index contributed by atoms with van der Waals surface area (Å²) in [6, 6.07) is 1.98. The van der Waals surface area contributed by atoms with Gasteiger partial charge >= 0.3 is 0 Å². The predicted octanol–water partition coefficient (Wildman–Crippen LogP) is 2.10. The molecule has 0 aromatic carbocycles. The third kappa shape index (κ3) is 2.87. The van der Waals surface area contributed by atoms with Crippen LogP contribution in [0.25, 0.3) is 0 Å². The second kappa shape index (κ2) is 5.65. The molecule has 6 nitrogen and oxygen atoms in total. The minimum atomic E-state index is 0.139. The van der Waals surface area contributed by atoms with Crippen molar-refractivity contribution >= 4 is 12.1 Å². The van der Waals surface area contributed by atoms with Gasteiger partial charge in [-0.2, -0.15) is 10.4 Å². The molecule has 1 N–H and O–H groups in total. The number of anilines is 1. The number of rotatable bonds is 4. The molecule has 1 aliphatic heterocycles. The maximum absolute atomic E-state index is 8.94. The lowest BCUT2D eigenvalue weighted by atomic mass is 10.1. The van der Waals surface area contributed by atoms with E-state index in [1.54, 1.807) is 6.21 Å². The molecule has 0 radical (unpaired) electrons. The van der Waals surface area contributed by atoms with Crippen molar-refractivity contribution in [2.45, 2.75) is 26.2 Å². The van der Waals surface area contributed by atoms with Gasteiger partial charge in [0.25, 0.3) is 5.88 Å². The van der Waals surface area contributed by atoms with Gasteiger partial charge in [-0.15, -0.1) is 0 Å². The number of aromatic nitrogens is 1. The fourth-order valence-corrected chi connectivity index (χ4v) is 1.61. The Morgan fingerprint density at radius 2 is 2.44 bits per heavy atom. The molecule has 0 unspecified atom stereocenters. The molecule has 0 saturated carbocycles. The third-order valence-electron chi connectivity index (χ3n) is 2.66. The van der Waals surface area contributed by atoms with Crippen molar-refractivity contribution in [3.8, 4) is 6.07 Å². The molecule has 2 rings (SSSR count). The Hall–Kier alpha value is -1.87. The lowest BCUT2D eigenvalue weighted by Crippen LogP contribution is -2.02. The Balaban J connectivity index is 2.01. The van der Waals surface area contributed by atoms with E-state index in [1.165, 1.54) is 0 Å². The van der Waals surface area contributed by atoms with E-state index in [4.69, 9.17) is 14.4 Å². The highest BCUT2D eigenvalue weighted by molar-refractivity contribution is 5.62. The van der Waals surface area contributed by atoms with Crippen molar-refractivity contribution in [1.29, 1.82) is 5.26 Å². The maximum atomic E-state index is 8.94. The van der Waals surface area contributed by atoms with Gasteiger partial charge in [0.15, 0.2) is 0 Å². The van der Waals surface area contributed by atoms with E-state index < -0.39 is 0 Å². The van der Waals surface area contributed by atoms with E-state index in [2.05, 4.69) is 15.5 Å². The van der Waals surface area contributed by atoms with Gasteiger partial charge in [0.1, 0.15) is 6.07 Å². The number of hydrogen-bond donors (Lipinski definition) is 1. The first-order chi connectivity index (χ1) is 8.70. The molecule has 1 aliphatic rings. The fourth-order valence-electron chi connectivity index (χ4n) is 1.61. The molecule has 0 bridgehead atoms. The van der Waals surface area contributed by atoms with Gasteiger partial charge in [-0.05, 0) is 6.42 Å². The summed E-state index contributed by atoms with van der Waals surface area (Å²) in [5.74, 6) is 1.31. The highest BCUT2D eigenvalue weighted by Gasteiger charge is 2.16. The highest BCUT2D eigenvalue weighted by Crippen LogP contribution is 2.22. The van der Waals surface area contributed by atoms with Crippen LogP contribution in [0.5, 0.6) is 0 Å². The van der Waals surface area contributed by atoms with Crippen LogP contribution in [0.2, 0.25) is 0 Å². The first-order valence-corrected chi connectivity index (χ1v) is 5.98. The number of hydrazone groups is 1. The van der Waals surface area contributed by atoms with Crippen LogP contribution in [0.15, 0.2) is 9.52 Å². The summed E-state index contributed by atoms with van der Waals surface area (Å²) in [5, 5.41) is 13.0. The van der Waals surface area contributed by atoms with Crippen LogP contribution in [-0.4, -0.2) is 24.4 Å². The van der Waals surface area contributed by atoms with Gasteiger partial charge in [-0.25, -0.2) is 10.4 Å². The summed E-state index contributed by atoms with van der Waals surface area (Å²) < 4.78 is 10.7. The first kappa shape index (κ1) is 12.6. The molecule has 1 aromatic heterocycles. The fraction of sp³-hybridized carbons (Fsp3) is 0.583. The number of oxazole rings is 1. The molecule has 6 heteroatoms. The lowest BCUT2D eigenvalue weighted by molar-refractivity contribution is 0.193. The Bertz CT molecular complexity index is 467. The second-order valence-corrected chi connectivity index (χ2v) is 4.51. The average molecular weight is 248 g/mol. The van der Waals surface area contributed by atoms with Crippen LogP contribution in [0, 0.1) is 17.2 Å². The van der Waals surface area contributed by atoms with Crippen LogP contribution < -0.4 is 5.43 Å². The van der Waals surface area contributed by atoms with Gasteiger partial charge in [0.2, 0.25) is 11.6 Å². The topological polar surface area (TPSA) is 83.4 Å². The predicted molar refractivity (Wildman–Crippen MR) is 66.3 cm³/mol. The van der Waals surface area contributed by atoms with Crippen molar-refractivity contribution < 1.29 is 9.15 Å². The first-order valence-electron chi connectivity index (χ1n) is 5.98.